The van der Waals surface area contributed by atoms with Crippen LogP contribution in [0.1, 0.15) is 40.0 Å². The highest BCUT2D eigenvalue weighted by molar-refractivity contribution is 5.77. The van der Waals surface area contributed by atoms with Crippen LogP contribution >= 0.6 is 0 Å². The summed E-state index contributed by atoms with van der Waals surface area (Å²) < 4.78 is 5.38. The third-order valence-electron chi connectivity index (χ3n) is 7.24. The van der Waals surface area contributed by atoms with E-state index < -0.39 is 0 Å². The van der Waals surface area contributed by atoms with Gasteiger partial charge in [-0.15, -0.1) is 0 Å². The predicted octanol–water partition coefficient (Wildman–Crippen LogP) is -1.20. The third kappa shape index (κ3) is 3.28. The van der Waals surface area contributed by atoms with Crippen LogP contribution in [0.2, 0.25) is 0 Å². The Morgan fingerprint density at radius 2 is 1.91 bits per heavy atom. The predicted molar refractivity (Wildman–Crippen MR) is 89.2 cm³/mol. The second kappa shape index (κ2) is 6.69. The van der Waals surface area contributed by atoms with Crippen molar-refractivity contribution in [1.82, 2.24) is 5.32 Å². The van der Waals surface area contributed by atoms with Gasteiger partial charge in [-0.25, -0.2) is 0 Å². The fourth-order valence-corrected chi connectivity index (χ4v) is 5.16. The van der Waals surface area contributed by atoms with E-state index in [1.807, 2.05) is 0 Å². The number of ether oxygens (including phenoxy) is 1. The number of fused-ring (bicyclic) bond motifs is 2. The van der Waals surface area contributed by atoms with E-state index in [9.17, 15) is 4.79 Å². The topological polar surface area (TPSA) is 59.4 Å². The SMILES string of the molecule is CC1(C)[C@H]2CC[C@H](C2)[C@@]1(C)NC(=O)C[NH2+]CC[NH+]1CCOCC1. The highest BCUT2D eigenvalue weighted by Crippen LogP contribution is 2.61. The van der Waals surface area contributed by atoms with Gasteiger partial charge in [-0.3, -0.25) is 4.79 Å². The van der Waals surface area contributed by atoms with E-state index >= 15 is 0 Å². The molecule has 2 saturated carbocycles. The van der Waals surface area contributed by atoms with E-state index in [1.54, 1.807) is 4.90 Å². The fraction of sp³-hybridized carbons (Fsp3) is 0.944. The summed E-state index contributed by atoms with van der Waals surface area (Å²) in [6, 6.07) is 0. The molecule has 1 amide bonds. The lowest BCUT2D eigenvalue weighted by molar-refractivity contribution is -0.919. The van der Waals surface area contributed by atoms with E-state index in [0.717, 1.165) is 45.3 Å². The van der Waals surface area contributed by atoms with Gasteiger partial charge < -0.3 is 20.3 Å². The van der Waals surface area contributed by atoms with Crippen molar-refractivity contribution in [3.63, 3.8) is 0 Å². The standard InChI is InChI=1S/C18H33N3O2/c1-17(2)14-4-5-15(12-14)18(17,3)20-16(22)13-19-6-7-21-8-10-23-11-9-21/h14-15,19H,4-13H2,1-3H3,(H,20,22)/p+2/t14-,15+,18+/m0/s1. The van der Waals surface area contributed by atoms with Gasteiger partial charge >= 0.3 is 0 Å². The number of carbonyl (C=O) groups excluding carboxylic acids is 1. The highest BCUT2D eigenvalue weighted by atomic mass is 16.5. The molecule has 0 radical (unpaired) electrons. The summed E-state index contributed by atoms with van der Waals surface area (Å²) in [5.74, 6) is 1.67. The number of nitrogens with two attached hydrogens (primary N) is 1. The van der Waals surface area contributed by atoms with Crippen molar-refractivity contribution in [2.24, 2.45) is 17.3 Å². The number of nitrogens with one attached hydrogen (secondary N) is 2. The molecule has 132 valence electrons. The first-order valence-corrected chi connectivity index (χ1v) is 9.47. The van der Waals surface area contributed by atoms with Crippen molar-refractivity contribution in [1.29, 1.82) is 0 Å². The molecule has 5 nitrogen and oxygen atoms in total. The van der Waals surface area contributed by atoms with Crippen LogP contribution in [0, 0.1) is 17.3 Å². The monoisotopic (exact) mass is 325 g/mol. The van der Waals surface area contributed by atoms with Crippen molar-refractivity contribution in [3.8, 4) is 0 Å². The first-order chi connectivity index (χ1) is 10.9. The number of hydrogen-bond donors (Lipinski definition) is 3. The third-order valence-corrected chi connectivity index (χ3v) is 7.24. The Morgan fingerprint density at radius 3 is 2.57 bits per heavy atom. The van der Waals surface area contributed by atoms with Crippen LogP contribution in [0.5, 0.6) is 0 Å². The molecule has 1 heterocycles. The average Bonchev–Trinajstić information content (AvgIpc) is 3.08. The van der Waals surface area contributed by atoms with Gasteiger partial charge in [0.05, 0.1) is 13.2 Å². The largest absolute Gasteiger partial charge is 0.370 e. The molecule has 3 rings (SSSR count). The fourth-order valence-electron chi connectivity index (χ4n) is 5.16. The molecule has 0 unspecified atom stereocenters. The minimum absolute atomic E-state index is 0.0176. The van der Waals surface area contributed by atoms with Crippen LogP contribution in [0.3, 0.4) is 0 Å². The number of quaternary nitrogens is 2. The van der Waals surface area contributed by atoms with Crippen LogP contribution in [-0.4, -0.2) is 57.4 Å². The Labute approximate surface area is 140 Å². The Morgan fingerprint density at radius 1 is 1.22 bits per heavy atom. The molecule has 5 heteroatoms. The zero-order valence-electron chi connectivity index (χ0n) is 15.1. The lowest BCUT2D eigenvalue weighted by Gasteiger charge is -2.48. The average molecular weight is 325 g/mol. The lowest BCUT2D eigenvalue weighted by Crippen LogP contribution is -3.16. The van der Waals surface area contributed by atoms with E-state index in [-0.39, 0.29) is 16.9 Å². The summed E-state index contributed by atoms with van der Waals surface area (Å²) >= 11 is 0. The molecule has 1 saturated heterocycles. The summed E-state index contributed by atoms with van der Waals surface area (Å²) in [6.45, 7) is 13.7. The molecule has 23 heavy (non-hydrogen) atoms. The molecule has 3 aliphatic rings. The molecule has 0 aromatic heterocycles. The van der Waals surface area contributed by atoms with Crippen molar-refractivity contribution >= 4 is 5.91 Å². The molecule has 3 atom stereocenters. The van der Waals surface area contributed by atoms with Crippen LogP contribution in [-0.2, 0) is 9.53 Å². The summed E-state index contributed by atoms with van der Waals surface area (Å²) in [5.41, 5.74) is 0.208. The van der Waals surface area contributed by atoms with E-state index in [0.29, 0.717) is 12.5 Å². The van der Waals surface area contributed by atoms with Gasteiger partial charge in [0.15, 0.2) is 6.54 Å². The Balaban J connectivity index is 1.41. The van der Waals surface area contributed by atoms with Crippen molar-refractivity contribution in [2.75, 3.05) is 45.9 Å². The molecular formula is C18H35N3O2+2. The maximum Gasteiger partial charge on any atom is 0.275 e. The number of rotatable bonds is 6. The summed E-state index contributed by atoms with van der Waals surface area (Å²) in [5, 5.41) is 5.59. The van der Waals surface area contributed by atoms with Crippen molar-refractivity contribution < 1.29 is 19.7 Å². The van der Waals surface area contributed by atoms with Gasteiger partial charge in [0, 0.05) is 5.54 Å². The smallest absolute Gasteiger partial charge is 0.275 e. The Bertz CT molecular complexity index is 434. The van der Waals surface area contributed by atoms with E-state index in [4.69, 9.17) is 4.74 Å². The first-order valence-electron chi connectivity index (χ1n) is 9.47. The van der Waals surface area contributed by atoms with Crippen molar-refractivity contribution in [3.05, 3.63) is 0 Å². The van der Waals surface area contributed by atoms with Gasteiger partial charge in [-0.05, 0) is 43.4 Å². The van der Waals surface area contributed by atoms with E-state index in [2.05, 4.69) is 31.4 Å². The second-order valence-corrected chi connectivity index (χ2v) is 8.57. The molecule has 0 aromatic rings. The normalized spacial score (nSPS) is 36.3. The molecule has 2 bridgehead atoms. The molecule has 1 aliphatic heterocycles. The zero-order chi connectivity index (χ0) is 16.5. The van der Waals surface area contributed by atoms with E-state index in [1.165, 1.54) is 19.3 Å². The zero-order valence-corrected chi connectivity index (χ0v) is 15.1. The highest BCUT2D eigenvalue weighted by Gasteiger charge is 2.60. The van der Waals surface area contributed by atoms with Gasteiger partial charge in [-0.1, -0.05) is 13.8 Å². The molecule has 0 aromatic carbocycles. The minimum atomic E-state index is -0.0176. The van der Waals surface area contributed by atoms with Crippen LogP contribution in [0.15, 0.2) is 0 Å². The quantitative estimate of drug-likeness (QED) is 0.537. The second-order valence-electron chi connectivity index (χ2n) is 8.57. The maximum absolute atomic E-state index is 12.5. The van der Waals surface area contributed by atoms with Gasteiger partial charge in [0.25, 0.3) is 5.91 Å². The van der Waals surface area contributed by atoms with Crippen molar-refractivity contribution in [2.45, 2.75) is 45.6 Å². The lowest BCUT2D eigenvalue weighted by atomic mass is 9.64. The van der Waals surface area contributed by atoms with Crippen LogP contribution < -0.4 is 15.5 Å². The number of hydrogen-bond acceptors (Lipinski definition) is 2. The number of morpholine rings is 1. The molecular weight excluding hydrogens is 290 g/mol. The van der Waals surface area contributed by atoms with Gasteiger partial charge in [0.1, 0.15) is 26.2 Å². The van der Waals surface area contributed by atoms with Gasteiger partial charge in [0.2, 0.25) is 0 Å². The Kier molecular flexibility index (Phi) is 5.00. The molecule has 0 spiro atoms. The summed E-state index contributed by atoms with van der Waals surface area (Å²) in [7, 11) is 0. The Hall–Kier alpha value is -0.650. The minimum Gasteiger partial charge on any atom is -0.370 e. The molecule has 3 fully saturated rings. The molecule has 4 N–H and O–H groups in total. The summed E-state index contributed by atoms with van der Waals surface area (Å²) in [4.78, 5) is 14.1. The van der Waals surface area contributed by atoms with Crippen LogP contribution in [0.4, 0.5) is 0 Å². The van der Waals surface area contributed by atoms with Crippen LogP contribution in [0.25, 0.3) is 0 Å². The maximum atomic E-state index is 12.5. The van der Waals surface area contributed by atoms with Gasteiger partial charge in [-0.2, -0.15) is 0 Å². The summed E-state index contributed by atoms with van der Waals surface area (Å²) in [6.07, 6.45) is 3.93. The first kappa shape index (κ1) is 17.2. The number of carbonyl (C=O) groups is 1. The molecule has 2 aliphatic carbocycles. The number of amides is 1.